The Hall–Kier alpha value is -3.55. The van der Waals surface area contributed by atoms with Gasteiger partial charge < -0.3 is 19.5 Å². The van der Waals surface area contributed by atoms with Crippen molar-refractivity contribution in [3.8, 4) is 17.2 Å². The van der Waals surface area contributed by atoms with Gasteiger partial charge in [0.25, 0.3) is 0 Å². The number of hydrogen-bond donors (Lipinski definition) is 2. The van der Waals surface area contributed by atoms with Gasteiger partial charge in [0, 0.05) is 11.3 Å². The van der Waals surface area contributed by atoms with Crippen molar-refractivity contribution in [2.75, 3.05) is 26.1 Å². The average Bonchev–Trinajstić information content (AvgIpc) is 2.69. The third-order valence-corrected chi connectivity index (χ3v) is 3.43. The van der Waals surface area contributed by atoms with E-state index in [1.807, 2.05) is 6.92 Å². The van der Waals surface area contributed by atoms with Gasteiger partial charge in [-0.25, -0.2) is 5.43 Å². The minimum atomic E-state index is -0.901. The highest BCUT2D eigenvalue weighted by Gasteiger charge is 2.13. The van der Waals surface area contributed by atoms with Crippen molar-refractivity contribution in [3.63, 3.8) is 0 Å². The molecule has 0 bridgehead atoms. The summed E-state index contributed by atoms with van der Waals surface area (Å²) in [4.78, 5) is 23.8. The first-order chi connectivity index (χ1) is 13.1. The first-order valence-corrected chi connectivity index (χ1v) is 8.17. The number of para-hydroxylation sites is 1. The van der Waals surface area contributed by atoms with E-state index in [0.717, 1.165) is 0 Å². The van der Waals surface area contributed by atoms with E-state index in [-0.39, 0.29) is 0 Å². The van der Waals surface area contributed by atoms with Crippen LogP contribution in [0.15, 0.2) is 47.6 Å². The fourth-order valence-electron chi connectivity index (χ4n) is 2.21. The third kappa shape index (κ3) is 5.46. The number of carbonyl (C=O) groups excluding carboxylic acids is 2. The summed E-state index contributed by atoms with van der Waals surface area (Å²) in [7, 11) is 3.02. The number of anilines is 1. The zero-order valence-electron chi connectivity index (χ0n) is 15.3. The van der Waals surface area contributed by atoms with Crippen LogP contribution < -0.4 is 25.0 Å². The minimum Gasteiger partial charge on any atom is -0.494 e. The Labute approximate surface area is 157 Å². The molecule has 2 aromatic rings. The molecule has 8 nitrogen and oxygen atoms in total. The molecule has 0 heterocycles. The van der Waals surface area contributed by atoms with Crippen molar-refractivity contribution in [2.24, 2.45) is 5.10 Å². The Kier molecular flexibility index (Phi) is 7.18. The number of ether oxygens (including phenoxy) is 3. The smallest absolute Gasteiger partial charge is 0.329 e. The molecule has 0 saturated carbocycles. The van der Waals surface area contributed by atoms with Crippen molar-refractivity contribution in [1.29, 1.82) is 0 Å². The highest BCUT2D eigenvalue weighted by atomic mass is 16.5. The third-order valence-electron chi connectivity index (χ3n) is 3.43. The van der Waals surface area contributed by atoms with E-state index in [2.05, 4.69) is 15.8 Å². The molecule has 0 aromatic heterocycles. The van der Waals surface area contributed by atoms with E-state index >= 15 is 0 Å². The number of nitrogens with zero attached hydrogens (tertiary/aromatic N) is 1. The molecular weight excluding hydrogens is 350 g/mol. The second-order valence-corrected chi connectivity index (χ2v) is 5.19. The topological polar surface area (TPSA) is 98.2 Å². The molecule has 27 heavy (non-hydrogen) atoms. The summed E-state index contributed by atoms with van der Waals surface area (Å²) in [5.74, 6) is -0.0643. The van der Waals surface area contributed by atoms with E-state index in [1.165, 1.54) is 20.4 Å². The first-order valence-electron chi connectivity index (χ1n) is 8.17. The maximum atomic E-state index is 11.9. The lowest BCUT2D eigenvalue weighted by Crippen LogP contribution is -2.32. The SMILES string of the molecule is CCOc1ccc(NC(=O)C(=O)NN=Cc2cccc(OC)c2OC)cc1. The van der Waals surface area contributed by atoms with Crippen LogP contribution in [0.4, 0.5) is 5.69 Å². The quantitative estimate of drug-likeness (QED) is 0.442. The van der Waals surface area contributed by atoms with Crippen molar-refractivity contribution < 1.29 is 23.8 Å². The number of amides is 2. The molecule has 2 amide bonds. The second-order valence-electron chi connectivity index (χ2n) is 5.19. The summed E-state index contributed by atoms with van der Waals surface area (Å²) in [6.07, 6.45) is 1.36. The largest absolute Gasteiger partial charge is 0.494 e. The second kappa shape index (κ2) is 9.81. The van der Waals surface area contributed by atoms with Gasteiger partial charge in [-0.3, -0.25) is 9.59 Å². The normalized spacial score (nSPS) is 10.3. The molecule has 0 atom stereocenters. The van der Waals surface area contributed by atoms with Crippen molar-refractivity contribution in [2.45, 2.75) is 6.92 Å². The Bertz CT molecular complexity index is 819. The lowest BCUT2D eigenvalue weighted by Gasteiger charge is -2.09. The molecule has 142 valence electrons. The van der Waals surface area contributed by atoms with Gasteiger partial charge in [0.1, 0.15) is 5.75 Å². The van der Waals surface area contributed by atoms with Crippen LogP contribution in [0.25, 0.3) is 0 Å². The summed E-state index contributed by atoms with van der Waals surface area (Å²) in [6, 6.07) is 11.9. The summed E-state index contributed by atoms with van der Waals surface area (Å²) in [6.45, 7) is 2.42. The maximum Gasteiger partial charge on any atom is 0.329 e. The molecule has 2 aromatic carbocycles. The van der Waals surface area contributed by atoms with E-state index in [4.69, 9.17) is 14.2 Å². The Balaban J connectivity index is 1.95. The van der Waals surface area contributed by atoms with Crippen molar-refractivity contribution in [1.82, 2.24) is 5.43 Å². The van der Waals surface area contributed by atoms with Gasteiger partial charge in [-0.2, -0.15) is 5.10 Å². The van der Waals surface area contributed by atoms with Crippen LogP contribution >= 0.6 is 0 Å². The van der Waals surface area contributed by atoms with Crippen LogP contribution in [-0.2, 0) is 9.59 Å². The summed E-state index contributed by atoms with van der Waals surface area (Å²) < 4.78 is 15.8. The van der Waals surface area contributed by atoms with E-state index < -0.39 is 11.8 Å². The number of hydrogen-bond acceptors (Lipinski definition) is 6. The molecule has 0 saturated heterocycles. The molecule has 0 unspecified atom stereocenters. The van der Waals surface area contributed by atoms with E-state index in [9.17, 15) is 9.59 Å². The molecule has 0 radical (unpaired) electrons. The molecule has 0 aliphatic carbocycles. The minimum absolute atomic E-state index is 0.469. The van der Waals surface area contributed by atoms with Crippen LogP contribution in [0.5, 0.6) is 17.2 Å². The highest BCUT2D eigenvalue weighted by Crippen LogP contribution is 2.29. The number of rotatable bonds is 7. The standard InChI is InChI=1S/C19H21N3O5/c1-4-27-15-10-8-14(9-11-15)21-18(23)19(24)22-20-12-13-6-5-7-16(25-2)17(13)26-3/h5-12H,4H2,1-3H3,(H,21,23)(H,22,24). The zero-order valence-corrected chi connectivity index (χ0v) is 15.3. The average molecular weight is 371 g/mol. The molecule has 0 spiro atoms. The van der Waals surface area contributed by atoms with E-state index in [1.54, 1.807) is 42.5 Å². The van der Waals surface area contributed by atoms with Gasteiger partial charge in [0.05, 0.1) is 27.0 Å². The van der Waals surface area contributed by atoms with Crippen LogP contribution in [0.1, 0.15) is 12.5 Å². The molecule has 8 heteroatoms. The molecular formula is C19H21N3O5. The number of carbonyl (C=O) groups is 2. The predicted molar refractivity (Wildman–Crippen MR) is 102 cm³/mol. The molecule has 2 N–H and O–H groups in total. The Morgan fingerprint density at radius 2 is 1.78 bits per heavy atom. The van der Waals surface area contributed by atoms with Crippen LogP contribution in [0.3, 0.4) is 0 Å². The molecule has 2 rings (SSSR count). The molecule has 0 aliphatic heterocycles. The number of benzene rings is 2. The highest BCUT2D eigenvalue weighted by molar-refractivity contribution is 6.39. The Morgan fingerprint density at radius 3 is 2.41 bits per heavy atom. The Morgan fingerprint density at radius 1 is 1.04 bits per heavy atom. The van der Waals surface area contributed by atoms with Gasteiger partial charge in [0.2, 0.25) is 0 Å². The number of nitrogens with one attached hydrogen (secondary N) is 2. The number of hydrazone groups is 1. The zero-order chi connectivity index (χ0) is 19.6. The van der Waals surface area contributed by atoms with Crippen LogP contribution in [-0.4, -0.2) is 38.9 Å². The van der Waals surface area contributed by atoms with Gasteiger partial charge >= 0.3 is 11.8 Å². The predicted octanol–water partition coefficient (Wildman–Crippen LogP) is 2.19. The van der Waals surface area contributed by atoms with Crippen molar-refractivity contribution >= 4 is 23.7 Å². The summed E-state index contributed by atoms with van der Waals surface area (Å²) >= 11 is 0. The fourth-order valence-corrected chi connectivity index (χ4v) is 2.21. The lowest BCUT2D eigenvalue weighted by atomic mass is 10.2. The molecule has 0 fully saturated rings. The van der Waals surface area contributed by atoms with Gasteiger partial charge in [-0.15, -0.1) is 0 Å². The molecule has 0 aliphatic rings. The first kappa shape index (κ1) is 19.8. The van der Waals surface area contributed by atoms with Gasteiger partial charge in [0.15, 0.2) is 11.5 Å². The van der Waals surface area contributed by atoms with Crippen LogP contribution in [0, 0.1) is 0 Å². The lowest BCUT2D eigenvalue weighted by molar-refractivity contribution is -0.136. The fraction of sp³-hybridized carbons (Fsp3) is 0.211. The van der Waals surface area contributed by atoms with Crippen LogP contribution in [0.2, 0.25) is 0 Å². The monoisotopic (exact) mass is 371 g/mol. The van der Waals surface area contributed by atoms with Crippen molar-refractivity contribution in [3.05, 3.63) is 48.0 Å². The van der Waals surface area contributed by atoms with E-state index in [0.29, 0.717) is 35.1 Å². The maximum absolute atomic E-state index is 11.9. The number of methoxy groups -OCH3 is 2. The van der Waals surface area contributed by atoms with Gasteiger partial charge in [-0.05, 0) is 43.3 Å². The summed E-state index contributed by atoms with van der Waals surface area (Å²) in [5, 5.41) is 6.26. The summed E-state index contributed by atoms with van der Waals surface area (Å²) in [5.41, 5.74) is 3.23. The van der Waals surface area contributed by atoms with Gasteiger partial charge in [-0.1, -0.05) is 6.07 Å².